The summed E-state index contributed by atoms with van der Waals surface area (Å²) in [6.45, 7) is 2.63. The van der Waals surface area contributed by atoms with Crippen LogP contribution >= 0.6 is 0 Å². The van der Waals surface area contributed by atoms with Crippen LogP contribution in [-0.4, -0.2) is 30.9 Å². The Morgan fingerprint density at radius 3 is 2.45 bits per heavy atom. The zero-order valence-electron chi connectivity index (χ0n) is 21.4. The van der Waals surface area contributed by atoms with Gasteiger partial charge in [0.1, 0.15) is 17.2 Å². The van der Waals surface area contributed by atoms with Gasteiger partial charge in [-0.15, -0.1) is 0 Å². The van der Waals surface area contributed by atoms with Gasteiger partial charge in [0.05, 0.1) is 5.56 Å². The molecule has 1 heterocycles. The molecule has 0 radical (unpaired) electrons. The first-order valence-electron chi connectivity index (χ1n) is 13.0. The number of hydrogen-bond acceptors (Lipinski definition) is 4. The first kappa shape index (κ1) is 24.4. The molecule has 3 saturated carbocycles. The molecule has 194 valence electrons. The normalized spacial score (nSPS) is 21.5. The fourth-order valence-corrected chi connectivity index (χ4v) is 6.04. The van der Waals surface area contributed by atoms with Crippen LogP contribution in [0.25, 0.3) is 33.4 Å². The maximum Gasteiger partial charge on any atom is 0.255 e. The largest absolute Gasteiger partial charge is 0.455 e. The van der Waals surface area contributed by atoms with Gasteiger partial charge in [-0.2, -0.15) is 0 Å². The van der Waals surface area contributed by atoms with E-state index in [4.69, 9.17) is 10.2 Å². The van der Waals surface area contributed by atoms with Crippen molar-refractivity contribution in [2.24, 2.45) is 17.6 Å². The van der Waals surface area contributed by atoms with E-state index in [0.29, 0.717) is 52.3 Å². The molecule has 2 amide bonds. The third kappa shape index (κ3) is 3.80. The van der Waals surface area contributed by atoms with Crippen LogP contribution in [0.1, 0.15) is 46.0 Å². The number of carbonyl (C=O) groups excluding carboxylic acids is 2. The van der Waals surface area contributed by atoms with E-state index >= 15 is 0 Å². The summed E-state index contributed by atoms with van der Waals surface area (Å²) in [4.78, 5) is 26.2. The molecule has 4 N–H and O–H groups in total. The Kier molecular flexibility index (Phi) is 5.83. The highest BCUT2D eigenvalue weighted by molar-refractivity contribution is 6.12. The summed E-state index contributed by atoms with van der Waals surface area (Å²) in [5.74, 6) is 0.916. The fourth-order valence-electron chi connectivity index (χ4n) is 6.04. The molecule has 3 aromatic carbocycles. The Labute approximate surface area is 220 Å². The zero-order chi connectivity index (χ0) is 26.6. The molecular weight excluding hydrogens is 481 g/mol. The van der Waals surface area contributed by atoms with Crippen LogP contribution in [0.4, 0.5) is 4.39 Å². The molecule has 0 saturated heterocycles. The minimum Gasteiger partial charge on any atom is -0.455 e. The van der Waals surface area contributed by atoms with E-state index in [9.17, 15) is 14.0 Å². The van der Waals surface area contributed by atoms with Crippen LogP contribution < -0.4 is 16.4 Å². The Morgan fingerprint density at radius 2 is 1.82 bits per heavy atom. The zero-order valence-corrected chi connectivity index (χ0v) is 21.4. The summed E-state index contributed by atoms with van der Waals surface area (Å²) >= 11 is 0. The molecule has 2 bridgehead atoms. The SMILES string of the molecule is CNC(=O)c1c(-c2ccc(F)cc2)oc2cc(CCN)c(-c3cccc(C(=O)NC45CC(C4)[C@H]5C)c3)cc12. The quantitative estimate of drug-likeness (QED) is 0.314. The minimum atomic E-state index is -0.369. The van der Waals surface area contributed by atoms with E-state index < -0.39 is 0 Å². The molecule has 38 heavy (non-hydrogen) atoms. The van der Waals surface area contributed by atoms with Crippen molar-refractivity contribution < 1.29 is 18.4 Å². The van der Waals surface area contributed by atoms with Gasteiger partial charge in [0.25, 0.3) is 11.8 Å². The number of rotatable bonds is 7. The maximum absolute atomic E-state index is 13.6. The van der Waals surface area contributed by atoms with Crippen LogP contribution in [0.5, 0.6) is 0 Å². The maximum atomic E-state index is 13.6. The van der Waals surface area contributed by atoms with Gasteiger partial charge in [-0.25, -0.2) is 4.39 Å². The molecule has 6 nitrogen and oxygen atoms in total. The summed E-state index contributed by atoms with van der Waals surface area (Å²) in [7, 11) is 1.56. The lowest BCUT2D eigenvalue weighted by molar-refractivity contribution is -0.118. The van der Waals surface area contributed by atoms with Crippen LogP contribution in [0, 0.1) is 17.7 Å². The molecule has 7 heteroatoms. The van der Waals surface area contributed by atoms with Gasteiger partial charge >= 0.3 is 0 Å². The van der Waals surface area contributed by atoms with Crippen molar-refractivity contribution in [2.75, 3.05) is 13.6 Å². The predicted octanol–water partition coefficient (Wildman–Crippen LogP) is 5.30. The van der Waals surface area contributed by atoms with Crippen LogP contribution in [-0.2, 0) is 6.42 Å². The lowest BCUT2D eigenvalue weighted by atomic mass is 9.43. The molecule has 4 aromatic rings. The van der Waals surface area contributed by atoms with E-state index in [1.807, 2.05) is 36.4 Å². The van der Waals surface area contributed by atoms with Gasteiger partial charge in [0.15, 0.2) is 0 Å². The van der Waals surface area contributed by atoms with Gasteiger partial charge in [0.2, 0.25) is 0 Å². The van der Waals surface area contributed by atoms with E-state index in [0.717, 1.165) is 35.4 Å². The van der Waals surface area contributed by atoms with Crippen molar-refractivity contribution in [3.05, 3.63) is 83.2 Å². The summed E-state index contributed by atoms with van der Waals surface area (Å²) in [6.07, 6.45) is 2.72. The van der Waals surface area contributed by atoms with Crippen molar-refractivity contribution in [3.63, 3.8) is 0 Å². The van der Waals surface area contributed by atoms with Crippen molar-refractivity contribution in [1.82, 2.24) is 10.6 Å². The van der Waals surface area contributed by atoms with Gasteiger partial charge < -0.3 is 20.8 Å². The molecule has 3 aliphatic rings. The molecule has 1 atom stereocenters. The second kappa shape index (κ2) is 9.10. The number of carbonyl (C=O) groups is 2. The number of furan rings is 1. The number of fused-ring (bicyclic) bond motifs is 1. The van der Waals surface area contributed by atoms with E-state index in [2.05, 4.69) is 17.6 Å². The Morgan fingerprint density at radius 1 is 1.05 bits per heavy atom. The van der Waals surface area contributed by atoms with Gasteiger partial charge in [0, 0.05) is 29.1 Å². The lowest BCUT2D eigenvalue weighted by Crippen LogP contribution is -2.74. The molecular formula is C31H30FN3O3. The highest BCUT2D eigenvalue weighted by Gasteiger charge is 2.63. The second-order valence-corrected chi connectivity index (χ2v) is 10.6. The minimum absolute atomic E-state index is 0.0443. The van der Waals surface area contributed by atoms with Crippen LogP contribution in [0.15, 0.2) is 65.1 Å². The predicted molar refractivity (Wildman–Crippen MR) is 145 cm³/mol. The topological polar surface area (TPSA) is 97.4 Å². The first-order chi connectivity index (χ1) is 18.3. The average Bonchev–Trinajstić information content (AvgIpc) is 3.28. The molecule has 0 spiro atoms. The smallest absolute Gasteiger partial charge is 0.255 e. The lowest BCUT2D eigenvalue weighted by Gasteiger charge is -2.67. The summed E-state index contributed by atoms with van der Waals surface area (Å²) in [6, 6.07) is 17.3. The number of benzene rings is 3. The Balaban J connectivity index is 1.45. The standard InChI is InChI=1S/C31H30FN3O3/c1-17-22-15-31(17,16-22)35-29(36)21-5-3-4-19(12-21)24-14-25-26(13-20(24)10-11-33)38-28(27(25)30(37)34-2)18-6-8-23(32)9-7-18/h3-9,12-14,17,22H,10-11,15-16,33H2,1-2H3,(H,34,37)(H,35,36)/t17-,22?,31?/m1/s1. The molecule has 1 aromatic heterocycles. The second-order valence-electron chi connectivity index (χ2n) is 10.6. The van der Waals surface area contributed by atoms with Crippen molar-refractivity contribution in [3.8, 4) is 22.5 Å². The van der Waals surface area contributed by atoms with E-state index in [1.165, 1.54) is 12.1 Å². The van der Waals surface area contributed by atoms with Crippen molar-refractivity contribution in [2.45, 2.75) is 31.7 Å². The van der Waals surface area contributed by atoms with Gasteiger partial charge in [-0.1, -0.05) is 19.1 Å². The van der Waals surface area contributed by atoms with Crippen LogP contribution in [0.2, 0.25) is 0 Å². The first-order valence-corrected chi connectivity index (χ1v) is 13.0. The number of amides is 2. The molecule has 7 rings (SSSR count). The highest BCUT2D eigenvalue weighted by atomic mass is 19.1. The number of nitrogens with one attached hydrogen (secondary N) is 2. The highest BCUT2D eigenvalue weighted by Crippen LogP contribution is 2.61. The molecule has 3 aliphatic carbocycles. The summed E-state index contributed by atoms with van der Waals surface area (Å²) < 4.78 is 19.8. The number of hydrogen-bond donors (Lipinski definition) is 3. The van der Waals surface area contributed by atoms with E-state index in [1.54, 1.807) is 19.2 Å². The molecule has 3 fully saturated rings. The third-order valence-corrected chi connectivity index (χ3v) is 8.52. The van der Waals surface area contributed by atoms with E-state index in [-0.39, 0.29) is 23.2 Å². The molecule has 0 unspecified atom stereocenters. The van der Waals surface area contributed by atoms with Crippen molar-refractivity contribution in [1.29, 1.82) is 0 Å². The fraction of sp³-hybridized carbons (Fsp3) is 0.290. The number of halogens is 1. The Hall–Kier alpha value is -3.97. The van der Waals surface area contributed by atoms with Crippen molar-refractivity contribution >= 4 is 22.8 Å². The number of nitrogens with two attached hydrogens (primary N) is 1. The monoisotopic (exact) mass is 511 g/mol. The van der Waals surface area contributed by atoms with Crippen LogP contribution in [0.3, 0.4) is 0 Å². The summed E-state index contributed by atoms with van der Waals surface area (Å²) in [5.41, 5.74) is 10.7. The van der Waals surface area contributed by atoms with Gasteiger partial charge in [-0.05, 0) is 103 Å². The van der Waals surface area contributed by atoms with Gasteiger partial charge in [-0.3, -0.25) is 9.59 Å². The molecule has 0 aliphatic heterocycles. The Bertz CT molecular complexity index is 1570. The summed E-state index contributed by atoms with van der Waals surface area (Å²) in [5, 5.41) is 6.61. The average molecular weight is 512 g/mol. The third-order valence-electron chi connectivity index (χ3n) is 8.52.